The number of nitrogens with zero attached hydrogens (tertiary/aromatic N) is 1. The van der Waals surface area contributed by atoms with Crippen molar-refractivity contribution in [2.75, 3.05) is 25.0 Å². The second-order valence-electron chi connectivity index (χ2n) is 5.71. The Balaban J connectivity index is 1.98. The molecule has 1 aliphatic heterocycles. The lowest BCUT2D eigenvalue weighted by Gasteiger charge is -2.35. The molecule has 1 aliphatic rings. The van der Waals surface area contributed by atoms with Gasteiger partial charge in [0.1, 0.15) is 0 Å². The van der Waals surface area contributed by atoms with E-state index in [4.69, 9.17) is 11.6 Å². The molecule has 0 aliphatic carbocycles. The van der Waals surface area contributed by atoms with Gasteiger partial charge >= 0.3 is 0 Å². The Bertz CT molecular complexity index is 419. The number of benzene rings is 1. The summed E-state index contributed by atoms with van der Waals surface area (Å²) in [6, 6.07) is 6.69. The molecule has 1 heterocycles. The first-order valence-electron chi connectivity index (χ1n) is 7.35. The summed E-state index contributed by atoms with van der Waals surface area (Å²) in [5.41, 5.74) is 2.27. The Morgan fingerprint density at radius 3 is 2.95 bits per heavy atom. The Morgan fingerprint density at radius 1 is 1.47 bits per heavy atom. The van der Waals surface area contributed by atoms with Crippen molar-refractivity contribution in [2.24, 2.45) is 5.92 Å². The van der Waals surface area contributed by atoms with Crippen LogP contribution >= 0.6 is 11.6 Å². The van der Waals surface area contributed by atoms with Gasteiger partial charge in [-0.1, -0.05) is 24.6 Å². The van der Waals surface area contributed by atoms with Gasteiger partial charge in [0.2, 0.25) is 0 Å². The summed E-state index contributed by atoms with van der Waals surface area (Å²) in [5.74, 6) is 0.714. The van der Waals surface area contributed by atoms with Crippen molar-refractivity contribution >= 4 is 17.3 Å². The van der Waals surface area contributed by atoms with Gasteiger partial charge in [-0.2, -0.15) is 0 Å². The molecule has 0 amide bonds. The van der Waals surface area contributed by atoms with E-state index in [1.807, 2.05) is 6.07 Å². The number of piperidine rings is 1. The highest BCUT2D eigenvalue weighted by Crippen LogP contribution is 2.27. The van der Waals surface area contributed by atoms with Gasteiger partial charge < -0.3 is 10.2 Å². The van der Waals surface area contributed by atoms with Crippen LogP contribution in [0.25, 0.3) is 0 Å². The fourth-order valence-corrected chi connectivity index (χ4v) is 3.18. The van der Waals surface area contributed by atoms with Crippen molar-refractivity contribution in [3.8, 4) is 0 Å². The fraction of sp³-hybridized carbons (Fsp3) is 0.625. The molecule has 0 aromatic heterocycles. The van der Waals surface area contributed by atoms with E-state index in [1.165, 1.54) is 31.5 Å². The van der Waals surface area contributed by atoms with E-state index in [1.54, 1.807) is 0 Å². The summed E-state index contributed by atoms with van der Waals surface area (Å²) < 4.78 is 0. The molecule has 0 spiro atoms. The molecule has 1 N–H and O–H groups in total. The first-order chi connectivity index (χ1) is 9.10. The highest BCUT2D eigenvalue weighted by Gasteiger charge is 2.24. The van der Waals surface area contributed by atoms with Crippen molar-refractivity contribution in [3.63, 3.8) is 0 Å². The van der Waals surface area contributed by atoms with E-state index in [0.29, 0.717) is 12.0 Å². The van der Waals surface area contributed by atoms with Crippen molar-refractivity contribution in [2.45, 2.75) is 39.7 Å². The van der Waals surface area contributed by atoms with E-state index < -0.39 is 0 Å². The van der Waals surface area contributed by atoms with Gasteiger partial charge in [-0.15, -0.1) is 0 Å². The molecule has 2 nitrogen and oxygen atoms in total. The molecule has 2 atom stereocenters. The molecule has 1 aromatic carbocycles. The largest absolute Gasteiger partial charge is 0.381 e. The van der Waals surface area contributed by atoms with E-state index >= 15 is 0 Å². The predicted octanol–water partition coefficient (Wildman–Crippen LogP) is 4.18. The molecule has 0 saturated carbocycles. The Hall–Kier alpha value is -0.730. The third kappa shape index (κ3) is 3.87. The van der Waals surface area contributed by atoms with Crippen molar-refractivity contribution in [1.29, 1.82) is 0 Å². The highest BCUT2D eigenvalue weighted by molar-refractivity contribution is 6.33. The van der Waals surface area contributed by atoms with Crippen molar-refractivity contribution < 1.29 is 0 Å². The molecule has 0 bridgehead atoms. The summed E-state index contributed by atoms with van der Waals surface area (Å²) in [5, 5.41) is 4.42. The van der Waals surface area contributed by atoms with Crippen LogP contribution < -0.4 is 5.32 Å². The number of rotatable bonds is 4. The van der Waals surface area contributed by atoms with Gasteiger partial charge in [0.05, 0.1) is 10.7 Å². The summed E-state index contributed by atoms with van der Waals surface area (Å²) in [6.45, 7) is 10.2. The zero-order valence-electron chi connectivity index (χ0n) is 12.2. The lowest BCUT2D eigenvalue weighted by molar-refractivity contribution is 0.172. The maximum Gasteiger partial charge on any atom is 0.0640 e. The smallest absolute Gasteiger partial charge is 0.0640 e. The average Bonchev–Trinajstić information content (AvgIpc) is 2.42. The fourth-order valence-electron chi connectivity index (χ4n) is 2.89. The molecular weight excluding hydrogens is 256 g/mol. The highest BCUT2D eigenvalue weighted by atomic mass is 35.5. The van der Waals surface area contributed by atoms with Gasteiger partial charge in [0, 0.05) is 12.6 Å². The summed E-state index contributed by atoms with van der Waals surface area (Å²) in [7, 11) is 0. The molecule has 1 saturated heterocycles. The Morgan fingerprint density at radius 2 is 2.26 bits per heavy atom. The lowest BCUT2D eigenvalue weighted by atomic mass is 9.91. The van der Waals surface area contributed by atoms with Crippen LogP contribution in [0.3, 0.4) is 0 Å². The molecule has 2 rings (SSSR count). The van der Waals surface area contributed by atoms with Crippen molar-refractivity contribution in [3.05, 3.63) is 28.8 Å². The monoisotopic (exact) mass is 280 g/mol. The lowest BCUT2D eigenvalue weighted by Crippen LogP contribution is -2.41. The van der Waals surface area contributed by atoms with Crippen LogP contribution in [0.5, 0.6) is 0 Å². The van der Waals surface area contributed by atoms with Crippen LogP contribution in [0.1, 0.15) is 32.3 Å². The maximum atomic E-state index is 6.30. The van der Waals surface area contributed by atoms with Crippen LogP contribution in [0.4, 0.5) is 5.69 Å². The van der Waals surface area contributed by atoms with Crippen LogP contribution in [-0.2, 0) is 0 Å². The number of likely N-dealkylation sites (tertiary alicyclic amines) is 1. The first-order valence-corrected chi connectivity index (χ1v) is 7.73. The number of halogens is 1. The minimum Gasteiger partial charge on any atom is -0.381 e. The minimum absolute atomic E-state index is 0.467. The minimum atomic E-state index is 0.467. The molecule has 0 radical (unpaired) electrons. The van der Waals surface area contributed by atoms with Crippen LogP contribution in [0.2, 0.25) is 5.02 Å². The standard InChI is InChI=1S/C16H25ClN2/c1-4-19-9-5-6-14(11-19)13(3)18-16-8-7-12(2)10-15(16)17/h7-8,10,13-14,18H,4-6,9,11H2,1-3H3. The van der Waals surface area contributed by atoms with Crippen LogP contribution in [-0.4, -0.2) is 30.6 Å². The Kier molecular flexibility index (Phi) is 5.12. The second-order valence-corrected chi connectivity index (χ2v) is 6.12. The van der Waals surface area contributed by atoms with E-state index in [9.17, 15) is 0 Å². The van der Waals surface area contributed by atoms with E-state index in [2.05, 4.69) is 43.1 Å². The molecule has 3 heteroatoms. The number of aryl methyl sites for hydroxylation is 1. The number of anilines is 1. The number of hydrogen-bond acceptors (Lipinski definition) is 2. The SMILES string of the molecule is CCN1CCCC(C(C)Nc2ccc(C)cc2Cl)C1. The molecule has 1 fully saturated rings. The maximum absolute atomic E-state index is 6.30. The third-order valence-corrected chi connectivity index (χ3v) is 4.52. The van der Waals surface area contributed by atoms with Gasteiger partial charge in [-0.05, 0) is 63.4 Å². The van der Waals surface area contributed by atoms with Gasteiger partial charge in [0.15, 0.2) is 0 Å². The number of hydrogen-bond donors (Lipinski definition) is 1. The summed E-state index contributed by atoms with van der Waals surface area (Å²) in [4.78, 5) is 2.54. The summed E-state index contributed by atoms with van der Waals surface area (Å²) >= 11 is 6.30. The second kappa shape index (κ2) is 6.62. The zero-order chi connectivity index (χ0) is 13.8. The Labute approximate surface area is 122 Å². The molecule has 2 unspecified atom stereocenters. The zero-order valence-corrected chi connectivity index (χ0v) is 13.0. The normalized spacial score (nSPS) is 22.2. The summed E-state index contributed by atoms with van der Waals surface area (Å²) in [6.07, 6.45) is 2.63. The quantitative estimate of drug-likeness (QED) is 0.890. The van der Waals surface area contributed by atoms with Crippen molar-refractivity contribution in [1.82, 2.24) is 4.90 Å². The van der Waals surface area contributed by atoms with Crippen LogP contribution in [0.15, 0.2) is 18.2 Å². The van der Waals surface area contributed by atoms with E-state index in [-0.39, 0.29) is 0 Å². The molecule has 19 heavy (non-hydrogen) atoms. The average molecular weight is 281 g/mol. The first kappa shape index (κ1) is 14.7. The third-order valence-electron chi connectivity index (χ3n) is 4.20. The van der Waals surface area contributed by atoms with Gasteiger partial charge in [-0.3, -0.25) is 0 Å². The van der Waals surface area contributed by atoms with Gasteiger partial charge in [0.25, 0.3) is 0 Å². The van der Waals surface area contributed by atoms with Gasteiger partial charge in [-0.25, -0.2) is 0 Å². The predicted molar refractivity (Wildman–Crippen MR) is 84.1 cm³/mol. The topological polar surface area (TPSA) is 15.3 Å². The number of nitrogens with one attached hydrogen (secondary N) is 1. The molecule has 1 aromatic rings. The van der Waals surface area contributed by atoms with Crippen LogP contribution in [0, 0.1) is 12.8 Å². The van der Waals surface area contributed by atoms with E-state index in [0.717, 1.165) is 17.3 Å². The molecular formula is C16H25ClN2. The molecule has 106 valence electrons.